The summed E-state index contributed by atoms with van der Waals surface area (Å²) in [4.78, 5) is 35.3. The smallest absolute Gasteiger partial charge is 0.320 e. The Bertz CT molecular complexity index is 929. The average Bonchev–Trinajstić information content (AvgIpc) is 3.28. The highest BCUT2D eigenvalue weighted by molar-refractivity contribution is 7.07. The molecule has 7 nitrogen and oxygen atoms in total. The lowest BCUT2D eigenvalue weighted by Gasteiger charge is -2.41. The van der Waals surface area contributed by atoms with Crippen molar-refractivity contribution in [1.82, 2.24) is 19.7 Å². The molecule has 3 amide bonds. The number of thiophene rings is 1. The van der Waals surface area contributed by atoms with Gasteiger partial charge in [0, 0.05) is 51.5 Å². The summed E-state index contributed by atoms with van der Waals surface area (Å²) in [5, 5.41) is 4.19. The molecule has 0 unspecified atom stereocenters. The van der Waals surface area contributed by atoms with Crippen molar-refractivity contribution in [2.24, 2.45) is 5.73 Å². The number of piperidine rings is 1. The van der Waals surface area contributed by atoms with Gasteiger partial charge in [-0.1, -0.05) is 0 Å². The molecule has 1 saturated heterocycles. The molecule has 0 saturated carbocycles. The van der Waals surface area contributed by atoms with E-state index in [-0.39, 0.29) is 12.1 Å². The van der Waals surface area contributed by atoms with Crippen LogP contribution in [0.15, 0.2) is 22.9 Å². The minimum absolute atomic E-state index is 0.0870. The predicted octanol–water partition coefficient (Wildman–Crippen LogP) is 3.83. The number of primary amides is 1. The summed E-state index contributed by atoms with van der Waals surface area (Å²) in [6, 6.07) is 4.87. The normalized spacial score (nSPS) is 15.9. The molecule has 1 fully saturated rings. The maximum Gasteiger partial charge on any atom is 0.320 e. The third kappa shape index (κ3) is 6.32. The lowest BCUT2D eigenvalue weighted by atomic mass is 9.99. The zero-order valence-corrected chi connectivity index (χ0v) is 21.3. The number of carbonyl (C=O) groups is 2. The van der Waals surface area contributed by atoms with Gasteiger partial charge >= 0.3 is 6.03 Å². The number of pyridine rings is 1. The van der Waals surface area contributed by atoms with E-state index in [1.54, 1.807) is 16.2 Å². The van der Waals surface area contributed by atoms with Crippen LogP contribution in [-0.4, -0.2) is 70.9 Å². The van der Waals surface area contributed by atoms with Gasteiger partial charge < -0.3 is 20.4 Å². The first kappa shape index (κ1) is 25.2. The highest BCUT2D eigenvalue weighted by Crippen LogP contribution is 2.24. The quantitative estimate of drug-likeness (QED) is 0.634. The number of nitrogens with zero attached hydrogens (tertiary/aromatic N) is 4. The van der Waals surface area contributed by atoms with Crippen molar-refractivity contribution in [3.63, 3.8) is 0 Å². The highest BCUT2D eigenvalue weighted by atomic mass is 32.1. The van der Waals surface area contributed by atoms with Crippen molar-refractivity contribution in [3.05, 3.63) is 51.0 Å². The van der Waals surface area contributed by atoms with Crippen LogP contribution in [0.2, 0.25) is 0 Å². The van der Waals surface area contributed by atoms with Crippen molar-refractivity contribution < 1.29 is 9.59 Å². The number of carbonyl (C=O) groups excluding carboxylic acids is 2. The lowest BCUT2D eigenvalue weighted by Crippen LogP contribution is -2.51. The van der Waals surface area contributed by atoms with Crippen LogP contribution in [0.25, 0.3) is 0 Å². The molecule has 1 aliphatic rings. The van der Waals surface area contributed by atoms with E-state index in [0.29, 0.717) is 23.8 Å². The molecule has 33 heavy (non-hydrogen) atoms. The van der Waals surface area contributed by atoms with Gasteiger partial charge in [-0.15, -0.1) is 0 Å². The Kier molecular flexibility index (Phi) is 8.48. The minimum atomic E-state index is -0.416. The second-order valence-corrected chi connectivity index (χ2v) is 10.1. The molecule has 2 N–H and O–H groups in total. The van der Waals surface area contributed by atoms with Crippen LogP contribution in [0.1, 0.15) is 59.1 Å². The summed E-state index contributed by atoms with van der Waals surface area (Å²) in [6.45, 7) is 8.68. The van der Waals surface area contributed by atoms with Gasteiger partial charge in [-0.05, 0) is 80.5 Å². The molecule has 1 aliphatic heterocycles. The Labute approximate surface area is 201 Å². The van der Waals surface area contributed by atoms with Crippen LogP contribution >= 0.6 is 11.3 Å². The average molecular weight is 472 g/mol. The zero-order chi connectivity index (χ0) is 24.1. The summed E-state index contributed by atoms with van der Waals surface area (Å²) in [7, 11) is 3.65. The second kappa shape index (κ2) is 11.1. The maximum absolute atomic E-state index is 12.9. The number of aromatic nitrogens is 1. The third-order valence-electron chi connectivity index (χ3n) is 6.64. The van der Waals surface area contributed by atoms with Gasteiger partial charge in [0.2, 0.25) is 0 Å². The van der Waals surface area contributed by atoms with E-state index in [1.165, 1.54) is 5.56 Å². The molecule has 1 atom stereocenters. The van der Waals surface area contributed by atoms with Crippen LogP contribution in [0.4, 0.5) is 4.79 Å². The number of urea groups is 1. The number of amides is 3. The molecular weight excluding hydrogens is 434 g/mol. The van der Waals surface area contributed by atoms with Gasteiger partial charge in [0.05, 0.1) is 11.3 Å². The van der Waals surface area contributed by atoms with Crippen LogP contribution in [0.5, 0.6) is 0 Å². The van der Waals surface area contributed by atoms with Crippen molar-refractivity contribution in [1.29, 1.82) is 0 Å². The molecule has 2 aromatic heterocycles. The molecule has 0 aromatic carbocycles. The number of likely N-dealkylation sites (tertiary alicyclic amines) is 1. The van der Waals surface area contributed by atoms with E-state index in [1.807, 2.05) is 38.9 Å². The summed E-state index contributed by atoms with van der Waals surface area (Å²) in [5.74, 6) is -0.416. The highest BCUT2D eigenvalue weighted by Gasteiger charge is 2.30. The largest absolute Gasteiger partial charge is 0.366 e. The molecule has 2 aromatic rings. The summed E-state index contributed by atoms with van der Waals surface area (Å²) in [6.07, 6.45) is 3.84. The van der Waals surface area contributed by atoms with Crippen LogP contribution in [0.3, 0.4) is 0 Å². The van der Waals surface area contributed by atoms with E-state index in [0.717, 1.165) is 50.0 Å². The SMILES string of the molecule is Cc1cc(CC[C@@H](C)N2CCC(N(Cc3ccsc3)C(=O)N(C)C)CC2)nc(C)c1C(N)=O. The van der Waals surface area contributed by atoms with Crippen molar-refractivity contribution in [2.45, 2.75) is 65.1 Å². The van der Waals surface area contributed by atoms with Gasteiger partial charge in [0.1, 0.15) is 0 Å². The van der Waals surface area contributed by atoms with Gasteiger partial charge in [-0.25, -0.2) is 4.79 Å². The molecule has 180 valence electrons. The Hall–Kier alpha value is -2.45. The maximum atomic E-state index is 12.9. The number of hydrogen-bond donors (Lipinski definition) is 1. The predicted molar refractivity (Wildman–Crippen MR) is 134 cm³/mol. The number of aryl methyl sites for hydroxylation is 3. The van der Waals surface area contributed by atoms with Crippen LogP contribution in [0, 0.1) is 13.8 Å². The van der Waals surface area contributed by atoms with Crippen molar-refractivity contribution in [3.8, 4) is 0 Å². The summed E-state index contributed by atoms with van der Waals surface area (Å²) >= 11 is 1.67. The molecular formula is C25H37N5O2S. The van der Waals surface area contributed by atoms with Crippen LogP contribution in [-0.2, 0) is 13.0 Å². The monoisotopic (exact) mass is 471 g/mol. The van der Waals surface area contributed by atoms with Gasteiger partial charge in [-0.2, -0.15) is 11.3 Å². The number of hydrogen-bond acceptors (Lipinski definition) is 5. The standard InChI is InChI=1S/C25H37N5O2S/c1-17-14-21(27-19(3)23(17)24(26)31)7-6-18(2)29-11-8-22(9-12-29)30(25(32)28(4)5)15-20-10-13-33-16-20/h10,13-14,16,18,22H,6-9,11-12,15H2,1-5H3,(H2,26,31)/t18-/m1/s1. The van der Waals surface area contributed by atoms with E-state index in [4.69, 9.17) is 5.73 Å². The Balaban J connectivity index is 1.56. The van der Waals surface area contributed by atoms with E-state index in [9.17, 15) is 9.59 Å². The zero-order valence-electron chi connectivity index (χ0n) is 20.5. The van der Waals surface area contributed by atoms with Gasteiger partial charge in [-0.3, -0.25) is 9.78 Å². The molecule has 8 heteroatoms. The first-order valence-electron chi connectivity index (χ1n) is 11.7. The fourth-order valence-corrected chi connectivity index (χ4v) is 5.44. The fraction of sp³-hybridized carbons (Fsp3) is 0.560. The van der Waals surface area contributed by atoms with E-state index < -0.39 is 5.91 Å². The van der Waals surface area contributed by atoms with Crippen molar-refractivity contribution in [2.75, 3.05) is 27.2 Å². The molecule has 0 spiro atoms. The topological polar surface area (TPSA) is 82.8 Å². The first-order valence-corrected chi connectivity index (χ1v) is 12.6. The van der Waals surface area contributed by atoms with Gasteiger partial charge in [0.15, 0.2) is 0 Å². The first-order chi connectivity index (χ1) is 15.7. The lowest BCUT2D eigenvalue weighted by molar-refractivity contribution is 0.0854. The molecule has 3 heterocycles. The molecule has 0 aliphatic carbocycles. The summed E-state index contributed by atoms with van der Waals surface area (Å²) < 4.78 is 0. The van der Waals surface area contributed by atoms with Gasteiger partial charge in [0.25, 0.3) is 5.91 Å². The van der Waals surface area contributed by atoms with E-state index >= 15 is 0 Å². The van der Waals surface area contributed by atoms with Crippen LogP contribution < -0.4 is 5.73 Å². The third-order valence-corrected chi connectivity index (χ3v) is 7.37. The fourth-order valence-electron chi connectivity index (χ4n) is 4.78. The molecule has 3 rings (SSSR count). The number of nitrogens with two attached hydrogens (primary N) is 1. The minimum Gasteiger partial charge on any atom is -0.366 e. The van der Waals surface area contributed by atoms with Crippen molar-refractivity contribution >= 4 is 23.3 Å². The molecule has 0 radical (unpaired) electrons. The summed E-state index contributed by atoms with van der Waals surface area (Å²) in [5.41, 5.74) is 9.83. The van der Waals surface area contributed by atoms with E-state index in [2.05, 4.69) is 33.6 Å². The Morgan fingerprint density at radius 3 is 2.52 bits per heavy atom. The number of rotatable bonds is 8. The second-order valence-electron chi connectivity index (χ2n) is 9.35. The Morgan fingerprint density at radius 2 is 1.97 bits per heavy atom. The molecule has 0 bridgehead atoms. The Morgan fingerprint density at radius 1 is 1.27 bits per heavy atom.